The number of carbonyl (C=O) groups is 3. The third-order valence-corrected chi connectivity index (χ3v) is 10.5. The van der Waals surface area contributed by atoms with Crippen LogP contribution in [-0.4, -0.2) is 92.4 Å². The predicted molar refractivity (Wildman–Crippen MR) is 148 cm³/mol. The SMILES string of the molecule is CN[C@@H](C)C(=O)N[C@H](C(=O)N1CC[C@@H]2[C@H]1[C@@H](C(=O)N1CCc3ccccc31)CN2S(C)(=O)=O)C1CCCCC1. The third-order valence-electron chi connectivity index (χ3n) is 9.27. The maximum absolute atomic E-state index is 14.3. The van der Waals surface area contributed by atoms with E-state index in [9.17, 15) is 22.8 Å². The topological polar surface area (TPSA) is 119 Å². The van der Waals surface area contributed by atoms with Crippen LogP contribution >= 0.6 is 0 Å². The lowest BCUT2D eigenvalue weighted by Crippen LogP contribution is -2.58. The molecule has 1 aliphatic carbocycles. The number of carbonyl (C=O) groups excluding carboxylic acids is 3. The Kier molecular flexibility index (Phi) is 8.03. The molecule has 2 saturated heterocycles. The number of para-hydroxylation sites is 1. The Labute approximate surface area is 231 Å². The second-order valence-electron chi connectivity index (χ2n) is 11.6. The number of anilines is 1. The van der Waals surface area contributed by atoms with Crippen LogP contribution in [-0.2, 0) is 30.8 Å². The highest BCUT2D eigenvalue weighted by Crippen LogP contribution is 2.41. The summed E-state index contributed by atoms with van der Waals surface area (Å²) >= 11 is 0. The van der Waals surface area contributed by atoms with E-state index >= 15 is 0 Å². The summed E-state index contributed by atoms with van der Waals surface area (Å²) in [5.74, 6) is -1.21. The number of nitrogens with one attached hydrogen (secondary N) is 2. The Morgan fingerprint density at radius 3 is 2.44 bits per heavy atom. The van der Waals surface area contributed by atoms with Crippen molar-refractivity contribution in [2.75, 3.05) is 37.8 Å². The molecule has 39 heavy (non-hydrogen) atoms. The summed E-state index contributed by atoms with van der Waals surface area (Å²) in [6.07, 6.45) is 7.25. The van der Waals surface area contributed by atoms with E-state index in [4.69, 9.17) is 0 Å². The van der Waals surface area contributed by atoms with Crippen molar-refractivity contribution in [1.82, 2.24) is 19.8 Å². The van der Waals surface area contributed by atoms with Gasteiger partial charge in [-0.1, -0.05) is 37.5 Å². The Bertz CT molecular complexity index is 1220. The molecule has 3 amide bonds. The van der Waals surface area contributed by atoms with E-state index in [0.717, 1.165) is 49.8 Å². The molecule has 5 atom stereocenters. The minimum Gasteiger partial charge on any atom is -0.343 e. The average molecular weight is 560 g/mol. The Morgan fingerprint density at radius 1 is 1.03 bits per heavy atom. The molecule has 10 nitrogen and oxygen atoms in total. The largest absolute Gasteiger partial charge is 0.343 e. The van der Waals surface area contributed by atoms with Gasteiger partial charge in [0.15, 0.2) is 0 Å². The highest BCUT2D eigenvalue weighted by Gasteiger charge is 2.57. The number of nitrogens with zero attached hydrogens (tertiary/aromatic N) is 3. The van der Waals surface area contributed by atoms with Gasteiger partial charge in [0.25, 0.3) is 0 Å². The fourth-order valence-electron chi connectivity index (χ4n) is 7.10. The van der Waals surface area contributed by atoms with Crippen LogP contribution in [0.2, 0.25) is 0 Å². The van der Waals surface area contributed by atoms with Gasteiger partial charge in [-0.3, -0.25) is 14.4 Å². The van der Waals surface area contributed by atoms with Gasteiger partial charge in [0.2, 0.25) is 27.7 Å². The zero-order valence-corrected chi connectivity index (χ0v) is 24.0. The molecule has 1 aromatic rings. The molecule has 0 spiro atoms. The van der Waals surface area contributed by atoms with Crippen molar-refractivity contribution in [2.24, 2.45) is 11.8 Å². The number of hydrogen-bond acceptors (Lipinski definition) is 6. The smallest absolute Gasteiger partial charge is 0.245 e. The number of rotatable bonds is 7. The van der Waals surface area contributed by atoms with Crippen LogP contribution in [0.1, 0.15) is 51.0 Å². The first-order valence-corrected chi connectivity index (χ1v) is 16.1. The van der Waals surface area contributed by atoms with Crippen molar-refractivity contribution in [3.05, 3.63) is 29.8 Å². The van der Waals surface area contributed by atoms with Gasteiger partial charge in [-0.05, 0) is 57.2 Å². The predicted octanol–water partition coefficient (Wildman–Crippen LogP) is 1.11. The molecule has 214 valence electrons. The maximum atomic E-state index is 14.3. The fraction of sp³-hybridized carbons (Fsp3) is 0.679. The van der Waals surface area contributed by atoms with Crippen molar-refractivity contribution in [1.29, 1.82) is 0 Å². The fourth-order valence-corrected chi connectivity index (χ4v) is 8.26. The van der Waals surface area contributed by atoms with Gasteiger partial charge in [-0.15, -0.1) is 0 Å². The van der Waals surface area contributed by atoms with Gasteiger partial charge in [0, 0.05) is 31.4 Å². The molecule has 0 bridgehead atoms. The molecule has 11 heteroatoms. The molecule has 1 aromatic carbocycles. The highest BCUT2D eigenvalue weighted by atomic mass is 32.2. The molecule has 3 heterocycles. The van der Waals surface area contributed by atoms with E-state index in [2.05, 4.69) is 10.6 Å². The van der Waals surface area contributed by atoms with E-state index in [-0.39, 0.29) is 30.2 Å². The summed E-state index contributed by atoms with van der Waals surface area (Å²) in [7, 11) is -1.88. The molecule has 0 unspecified atom stereocenters. The van der Waals surface area contributed by atoms with Crippen molar-refractivity contribution in [3.8, 4) is 0 Å². The van der Waals surface area contributed by atoms with Crippen molar-refractivity contribution in [2.45, 2.75) is 76.0 Å². The van der Waals surface area contributed by atoms with Crippen LogP contribution in [0.15, 0.2) is 24.3 Å². The van der Waals surface area contributed by atoms with Gasteiger partial charge in [-0.25, -0.2) is 8.42 Å². The number of hydrogen-bond donors (Lipinski definition) is 2. The lowest BCUT2D eigenvalue weighted by atomic mass is 9.83. The number of likely N-dealkylation sites (N-methyl/N-ethyl adjacent to an activating group) is 1. The first kappa shape index (κ1) is 28.0. The number of sulfonamides is 1. The lowest BCUT2D eigenvalue weighted by molar-refractivity contribution is -0.141. The summed E-state index contributed by atoms with van der Waals surface area (Å²) < 4.78 is 27.0. The Morgan fingerprint density at radius 2 is 1.74 bits per heavy atom. The molecule has 1 saturated carbocycles. The summed E-state index contributed by atoms with van der Waals surface area (Å²) in [4.78, 5) is 44.8. The lowest BCUT2D eigenvalue weighted by Gasteiger charge is -2.37. The summed E-state index contributed by atoms with van der Waals surface area (Å²) in [5, 5.41) is 5.97. The first-order valence-electron chi connectivity index (χ1n) is 14.3. The van der Waals surface area contributed by atoms with Crippen LogP contribution in [0.3, 0.4) is 0 Å². The van der Waals surface area contributed by atoms with E-state index in [1.54, 1.807) is 23.8 Å². The number of fused-ring (bicyclic) bond motifs is 2. The standard InChI is InChI=1S/C28H41N5O5S/c1-18(29-2)26(34)30-24(20-10-5-4-6-11-20)28(36)32-16-14-23-25(32)21(17-33(23)39(3,37)38)27(35)31-15-13-19-9-7-8-12-22(19)31/h7-9,12,18,20-21,23-25,29H,4-6,10-11,13-17H2,1-3H3,(H,30,34)/t18-,21-,23+,24-,25+/m0/s1. The summed E-state index contributed by atoms with van der Waals surface area (Å²) in [6.45, 7) is 2.72. The van der Waals surface area contributed by atoms with Crippen molar-refractivity contribution >= 4 is 33.4 Å². The molecule has 2 N–H and O–H groups in total. The second kappa shape index (κ2) is 11.2. The maximum Gasteiger partial charge on any atom is 0.245 e. The normalized spacial score (nSPS) is 27.2. The number of amides is 3. The van der Waals surface area contributed by atoms with Crippen LogP contribution in [0, 0.1) is 11.8 Å². The van der Waals surface area contributed by atoms with Gasteiger partial charge in [0.05, 0.1) is 24.3 Å². The zero-order valence-electron chi connectivity index (χ0n) is 23.1. The number of benzene rings is 1. The average Bonchev–Trinajstić information content (AvgIpc) is 3.64. The molecule has 3 aliphatic heterocycles. The van der Waals surface area contributed by atoms with Crippen molar-refractivity contribution < 1.29 is 22.8 Å². The molecular weight excluding hydrogens is 518 g/mol. The second-order valence-corrected chi connectivity index (χ2v) is 13.5. The van der Waals surface area contributed by atoms with Gasteiger partial charge >= 0.3 is 0 Å². The van der Waals surface area contributed by atoms with E-state index in [1.165, 1.54) is 10.6 Å². The van der Waals surface area contributed by atoms with Crippen LogP contribution in [0.25, 0.3) is 0 Å². The summed E-state index contributed by atoms with van der Waals surface area (Å²) in [6, 6.07) is 5.64. The zero-order chi connectivity index (χ0) is 27.9. The molecule has 0 aromatic heterocycles. The summed E-state index contributed by atoms with van der Waals surface area (Å²) in [5.41, 5.74) is 1.96. The molecule has 3 fully saturated rings. The van der Waals surface area contributed by atoms with Crippen molar-refractivity contribution in [3.63, 3.8) is 0 Å². The number of likely N-dealkylation sites (tertiary alicyclic amines) is 1. The van der Waals surface area contributed by atoms with Crippen LogP contribution in [0.5, 0.6) is 0 Å². The van der Waals surface area contributed by atoms with E-state index < -0.39 is 40.1 Å². The Hall–Kier alpha value is -2.50. The molecule has 0 radical (unpaired) electrons. The highest BCUT2D eigenvalue weighted by molar-refractivity contribution is 7.88. The molecule has 4 aliphatic rings. The molecule has 5 rings (SSSR count). The first-order chi connectivity index (χ1) is 18.6. The third kappa shape index (κ3) is 5.32. The van der Waals surface area contributed by atoms with Gasteiger partial charge in [-0.2, -0.15) is 4.31 Å². The van der Waals surface area contributed by atoms with Gasteiger partial charge < -0.3 is 20.4 Å². The monoisotopic (exact) mass is 559 g/mol. The molecular formula is C28H41N5O5S. The van der Waals surface area contributed by atoms with Gasteiger partial charge in [0.1, 0.15) is 6.04 Å². The minimum atomic E-state index is -3.58. The van der Waals surface area contributed by atoms with E-state index in [0.29, 0.717) is 19.5 Å². The van der Waals surface area contributed by atoms with Crippen LogP contribution < -0.4 is 15.5 Å². The minimum absolute atomic E-state index is 0.0188. The Balaban J connectivity index is 1.45. The quantitative estimate of drug-likeness (QED) is 0.517. The van der Waals surface area contributed by atoms with E-state index in [1.807, 2.05) is 24.3 Å². The van der Waals surface area contributed by atoms with Crippen LogP contribution in [0.4, 0.5) is 5.69 Å².